The molecule has 3 N–H and O–H groups in total. The highest BCUT2D eigenvalue weighted by atomic mass is 16.2. The van der Waals surface area contributed by atoms with E-state index in [1.807, 2.05) is 0 Å². The minimum absolute atomic E-state index is 0.229. The van der Waals surface area contributed by atoms with Gasteiger partial charge in [-0.15, -0.1) is 0 Å². The lowest BCUT2D eigenvalue weighted by molar-refractivity contribution is -0.135. The smallest absolute Gasteiger partial charge is 0.227 e. The SMILES string of the molecule is CC12CCC(C1)C(C)(C)C2NC(=O)C1(CN)CCCCC1. The summed E-state index contributed by atoms with van der Waals surface area (Å²) in [5, 5.41) is 3.48. The van der Waals surface area contributed by atoms with E-state index in [1.54, 1.807) is 0 Å². The maximum atomic E-state index is 13.0. The lowest BCUT2D eigenvalue weighted by Crippen LogP contribution is -2.57. The van der Waals surface area contributed by atoms with Crippen molar-refractivity contribution < 1.29 is 4.79 Å². The molecule has 3 nitrogen and oxygen atoms in total. The van der Waals surface area contributed by atoms with Crippen LogP contribution in [0, 0.1) is 22.2 Å². The summed E-state index contributed by atoms with van der Waals surface area (Å²) >= 11 is 0. The molecule has 3 saturated carbocycles. The van der Waals surface area contributed by atoms with Gasteiger partial charge in [0.15, 0.2) is 0 Å². The van der Waals surface area contributed by atoms with E-state index in [-0.39, 0.29) is 16.7 Å². The van der Waals surface area contributed by atoms with Crippen molar-refractivity contribution in [2.75, 3.05) is 6.54 Å². The van der Waals surface area contributed by atoms with E-state index in [4.69, 9.17) is 5.73 Å². The van der Waals surface area contributed by atoms with Crippen LogP contribution in [0.15, 0.2) is 0 Å². The van der Waals surface area contributed by atoms with Crippen molar-refractivity contribution in [1.82, 2.24) is 5.32 Å². The molecule has 3 fully saturated rings. The van der Waals surface area contributed by atoms with Crippen LogP contribution < -0.4 is 11.1 Å². The van der Waals surface area contributed by atoms with E-state index < -0.39 is 0 Å². The Morgan fingerprint density at radius 1 is 1.14 bits per heavy atom. The van der Waals surface area contributed by atoms with Crippen molar-refractivity contribution in [2.45, 2.75) is 78.2 Å². The minimum Gasteiger partial charge on any atom is -0.352 e. The molecule has 3 aliphatic carbocycles. The molecule has 3 rings (SSSR count). The lowest BCUT2D eigenvalue weighted by atomic mass is 9.67. The number of carbonyl (C=O) groups excluding carboxylic acids is 1. The van der Waals surface area contributed by atoms with Gasteiger partial charge in [0.25, 0.3) is 0 Å². The normalized spacial score (nSPS) is 40.2. The highest BCUT2D eigenvalue weighted by Crippen LogP contribution is 2.62. The van der Waals surface area contributed by atoms with Crippen molar-refractivity contribution in [2.24, 2.45) is 27.9 Å². The van der Waals surface area contributed by atoms with Gasteiger partial charge in [-0.3, -0.25) is 4.79 Å². The predicted molar refractivity (Wildman–Crippen MR) is 85.7 cm³/mol. The Morgan fingerprint density at radius 3 is 2.33 bits per heavy atom. The second kappa shape index (κ2) is 4.97. The molecule has 0 radical (unpaired) electrons. The zero-order valence-corrected chi connectivity index (χ0v) is 14.0. The molecular weight excluding hydrogens is 260 g/mol. The Hall–Kier alpha value is -0.570. The van der Waals surface area contributed by atoms with E-state index in [1.165, 1.54) is 25.7 Å². The van der Waals surface area contributed by atoms with Gasteiger partial charge < -0.3 is 11.1 Å². The fraction of sp³-hybridized carbons (Fsp3) is 0.944. The standard InChI is InChI=1S/C18H32N2O/c1-16(2)13-7-10-17(3,11-13)14(16)20-15(21)18(12-19)8-5-4-6-9-18/h13-14H,4-12,19H2,1-3H3,(H,20,21). The summed E-state index contributed by atoms with van der Waals surface area (Å²) in [5.74, 6) is 1.02. The number of nitrogens with two attached hydrogens (primary N) is 1. The molecule has 0 spiro atoms. The van der Waals surface area contributed by atoms with Gasteiger partial charge in [0.1, 0.15) is 0 Å². The number of fused-ring (bicyclic) bond motifs is 2. The molecule has 120 valence electrons. The lowest BCUT2D eigenvalue weighted by Gasteiger charge is -2.45. The highest BCUT2D eigenvalue weighted by Gasteiger charge is 2.60. The molecule has 3 atom stereocenters. The number of nitrogens with one attached hydrogen (secondary N) is 1. The third-order valence-corrected chi connectivity index (χ3v) is 7.23. The average molecular weight is 292 g/mol. The average Bonchev–Trinajstić information content (AvgIpc) is 2.95. The number of carbonyl (C=O) groups is 1. The highest BCUT2D eigenvalue weighted by molar-refractivity contribution is 5.83. The second-order valence-corrected chi connectivity index (χ2v) is 8.87. The molecule has 0 saturated heterocycles. The van der Waals surface area contributed by atoms with Gasteiger partial charge in [-0.1, -0.05) is 40.0 Å². The summed E-state index contributed by atoms with van der Waals surface area (Å²) < 4.78 is 0. The number of amides is 1. The van der Waals surface area contributed by atoms with Gasteiger partial charge in [-0.2, -0.15) is 0 Å². The molecule has 3 heteroatoms. The van der Waals surface area contributed by atoms with E-state index in [9.17, 15) is 4.79 Å². The molecule has 0 heterocycles. The first kappa shape index (κ1) is 15.3. The third-order valence-electron chi connectivity index (χ3n) is 7.23. The van der Waals surface area contributed by atoms with Gasteiger partial charge in [0.2, 0.25) is 5.91 Å². The largest absolute Gasteiger partial charge is 0.352 e. The molecule has 0 aromatic carbocycles. The Kier molecular flexibility index (Phi) is 3.63. The Bertz CT molecular complexity index is 420. The number of rotatable bonds is 3. The first-order valence-corrected chi connectivity index (χ1v) is 8.85. The van der Waals surface area contributed by atoms with Crippen LogP contribution in [0.4, 0.5) is 0 Å². The summed E-state index contributed by atoms with van der Waals surface area (Å²) in [4.78, 5) is 13.0. The van der Waals surface area contributed by atoms with Crippen LogP contribution in [0.25, 0.3) is 0 Å². The molecule has 21 heavy (non-hydrogen) atoms. The summed E-state index contributed by atoms with van der Waals surface area (Å²) in [6, 6.07) is 0.321. The quantitative estimate of drug-likeness (QED) is 0.839. The van der Waals surface area contributed by atoms with E-state index in [0.29, 0.717) is 18.0 Å². The van der Waals surface area contributed by atoms with Crippen LogP contribution in [-0.4, -0.2) is 18.5 Å². The summed E-state index contributed by atoms with van der Waals surface area (Å²) in [6.07, 6.45) is 9.38. The molecule has 1 amide bonds. The van der Waals surface area contributed by atoms with Crippen LogP contribution in [0.5, 0.6) is 0 Å². The monoisotopic (exact) mass is 292 g/mol. The Labute approximate surface area is 129 Å². The molecule has 0 aromatic rings. The van der Waals surface area contributed by atoms with Crippen LogP contribution in [0.2, 0.25) is 0 Å². The topological polar surface area (TPSA) is 55.1 Å². The van der Waals surface area contributed by atoms with Crippen molar-refractivity contribution in [1.29, 1.82) is 0 Å². The maximum absolute atomic E-state index is 13.0. The van der Waals surface area contributed by atoms with Crippen LogP contribution in [-0.2, 0) is 4.79 Å². The van der Waals surface area contributed by atoms with Gasteiger partial charge in [0, 0.05) is 12.6 Å². The summed E-state index contributed by atoms with van der Waals surface area (Å²) in [5.41, 5.74) is 6.27. The molecule has 0 aliphatic heterocycles. The zero-order chi connectivity index (χ0) is 15.3. The number of hydrogen-bond acceptors (Lipinski definition) is 2. The molecular formula is C18H32N2O. The molecule has 2 bridgehead atoms. The van der Waals surface area contributed by atoms with Crippen molar-refractivity contribution in [3.63, 3.8) is 0 Å². The second-order valence-electron chi connectivity index (χ2n) is 8.87. The van der Waals surface area contributed by atoms with E-state index >= 15 is 0 Å². The van der Waals surface area contributed by atoms with Gasteiger partial charge in [-0.05, 0) is 48.9 Å². The van der Waals surface area contributed by atoms with Crippen molar-refractivity contribution in [3.8, 4) is 0 Å². The van der Waals surface area contributed by atoms with Gasteiger partial charge in [0.05, 0.1) is 5.41 Å². The van der Waals surface area contributed by atoms with E-state index in [2.05, 4.69) is 26.1 Å². The van der Waals surface area contributed by atoms with Gasteiger partial charge in [-0.25, -0.2) is 0 Å². The van der Waals surface area contributed by atoms with Crippen molar-refractivity contribution in [3.05, 3.63) is 0 Å². The minimum atomic E-state index is -0.285. The Balaban J connectivity index is 1.78. The van der Waals surface area contributed by atoms with E-state index in [0.717, 1.165) is 31.6 Å². The fourth-order valence-electron chi connectivity index (χ4n) is 5.70. The van der Waals surface area contributed by atoms with Crippen LogP contribution >= 0.6 is 0 Å². The Morgan fingerprint density at radius 2 is 1.81 bits per heavy atom. The van der Waals surface area contributed by atoms with Gasteiger partial charge >= 0.3 is 0 Å². The number of hydrogen-bond donors (Lipinski definition) is 2. The summed E-state index contributed by atoms with van der Waals surface area (Å²) in [6.45, 7) is 7.58. The third kappa shape index (κ3) is 2.23. The summed E-state index contributed by atoms with van der Waals surface area (Å²) in [7, 11) is 0. The van der Waals surface area contributed by atoms with Crippen LogP contribution in [0.1, 0.15) is 72.1 Å². The fourth-order valence-corrected chi connectivity index (χ4v) is 5.70. The molecule has 3 unspecified atom stereocenters. The molecule has 0 aromatic heterocycles. The van der Waals surface area contributed by atoms with Crippen LogP contribution in [0.3, 0.4) is 0 Å². The first-order valence-electron chi connectivity index (χ1n) is 8.85. The maximum Gasteiger partial charge on any atom is 0.227 e. The molecule has 3 aliphatic rings. The zero-order valence-electron chi connectivity index (χ0n) is 14.0. The predicted octanol–water partition coefficient (Wildman–Crippen LogP) is 3.23. The van der Waals surface area contributed by atoms with Crippen molar-refractivity contribution >= 4 is 5.91 Å². The first-order chi connectivity index (χ1) is 9.84.